The Morgan fingerprint density at radius 1 is 1.00 bits per heavy atom. The molecule has 0 fully saturated rings. The van der Waals surface area contributed by atoms with Gasteiger partial charge in [0.1, 0.15) is 0 Å². The molecule has 0 radical (unpaired) electrons. The molecule has 3 aliphatic rings. The summed E-state index contributed by atoms with van der Waals surface area (Å²) in [7, 11) is 0. The topological polar surface area (TPSA) is 0 Å². The second kappa shape index (κ2) is 6.20. The SMILES string of the molecule is CCCCC(C1=CC=C2C=CC=CC21)C1C=Cc2ccccc21. The van der Waals surface area contributed by atoms with Crippen LogP contribution in [0.15, 0.2) is 77.9 Å². The summed E-state index contributed by atoms with van der Waals surface area (Å²) < 4.78 is 0. The maximum Gasteiger partial charge on any atom is 0.0237 e. The molecule has 3 aliphatic carbocycles. The Morgan fingerprint density at radius 2 is 1.91 bits per heavy atom. The molecular weight excluding hydrogens is 276 g/mol. The fraction of sp³-hybridized carbons (Fsp3) is 0.304. The third-order valence-corrected chi connectivity index (χ3v) is 5.46. The molecule has 116 valence electrons. The normalized spacial score (nSPS) is 25.1. The first-order valence-electron chi connectivity index (χ1n) is 8.92. The maximum atomic E-state index is 2.44. The minimum Gasteiger partial charge on any atom is -0.0758 e. The van der Waals surface area contributed by atoms with E-state index in [2.05, 4.69) is 79.8 Å². The molecule has 23 heavy (non-hydrogen) atoms. The first-order chi connectivity index (χ1) is 11.4. The van der Waals surface area contributed by atoms with Gasteiger partial charge in [0.15, 0.2) is 0 Å². The molecule has 0 amide bonds. The van der Waals surface area contributed by atoms with E-state index >= 15 is 0 Å². The van der Waals surface area contributed by atoms with E-state index in [0.29, 0.717) is 17.8 Å². The van der Waals surface area contributed by atoms with Gasteiger partial charge in [-0.25, -0.2) is 0 Å². The lowest BCUT2D eigenvalue weighted by molar-refractivity contribution is 0.470. The van der Waals surface area contributed by atoms with E-state index in [1.54, 1.807) is 5.57 Å². The molecule has 3 unspecified atom stereocenters. The summed E-state index contributed by atoms with van der Waals surface area (Å²) in [5.74, 6) is 1.66. The van der Waals surface area contributed by atoms with Gasteiger partial charge in [-0.1, -0.05) is 98.2 Å². The predicted molar refractivity (Wildman–Crippen MR) is 99.2 cm³/mol. The molecule has 0 nitrogen and oxygen atoms in total. The molecule has 0 N–H and O–H groups in total. The Kier molecular flexibility index (Phi) is 3.91. The fourth-order valence-electron chi connectivity index (χ4n) is 4.28. The second-order valence-electron chi connectivity index (χ2n) is 6.82. The molecule has 4 rings (SSSR count). The summed E-state index contributed by atoms with van der Waals surface area (Å²) in [4.78, 5) is 0. The molecule has 0 saturated carbocycles. The van der Waals surface area contributed by atoms with Crippen molar-refractivity contribution in [1.82, 2.24) is 0 Å². The minimum absolute atomic E-state index is 0.503. The standard InChI is InChI=1S/C23H24/c1-2-3-10-21(22-15-13-17-8-4-6-11-19(17)22)23-16-14-18-9-5-7-12-20(18)23/h4-9,11-16,19,21,23H,2-3,10H2,1H3. The van der Waals surface area contributed by atoms with Crippen molar-refractivity contribution in [3.8, 4) is 0 Å². The lowest BCUT2D eigenvalue weighted by Crippen LogP contribution is -2.18. The van der Waals surface area contributed by atoms with Gasteiger partial charge in [-0.2, -0.15) is 0 Å². The third-order valence-electron chi connectivity index (χ3n) is 5.46. The van der Waals surface area contributed by atoms with Gasteiger partial charge in [-0.15, -0.1) is 0 Å². The summed E-state index contributed by atoms with van der Waals surface area (Å²) in [6.07, 6.45) is 22.3. The quantitative estimate of drug-likeness (QED) is 0.606. The summed E-state index contributed by atoms with van der Waals surface area (Å²) in [5, 5.41) is 0. The van der Waals surface area contributed by atoms with Crippen LogP contribution in [0.5, 0.6) is 0 Å². The van der Waals surface area contributed by atoms with E-state index in [9.17, 15) is 0 Å². The lowest BCUT2D eigenvalue weighted by Gasteiger charge is -2.29. The molecule has 0 saturated heterocycles. The number of hydrogen-bond donors (Lipinski definition) is 0. The molecule has 0 heterocycles. The van der Waals surface area contributed by atoms with E-state index in [0.717, 1.165) is 0 Å². The van der Waals surface area contributed by atoms with Crippen molar-refractivity contribution in [3.05, 3.63) is 89.1 Å². The Hall–Kier alpha value is -2.08. The number of allylic oxidation sites excluding steroid dienone is 9. The van der Waals surface area contributed by atoms with Crippen LogP contribution in [0, 0.1) is 11.8 Å². The van der Waals surface area contributed by atoms with Crippen molar-refractivity contribution in [2.45, 2.75) is 32.1 Å². The smallest absolute Gasteiger partial charge is 0.0237 e. The van der Waals surface area contributed by atoms with E-state index < -0.39 is 0 Å². The van der Waals surface area contributed by atoms with Crippen molar-refractivity contribution in [2.24, 2.45) is 11.8 Å². The molecule has 0 spiro atoms. The summed E-state index contributed by atoms with van der Waals surface area (Å²) in [5.41, 5.74) is 5.99. The summed E-state index contributed by atoms with van der Waals surface area (Å²) in [6.45, 7) is 2.30. The number of benzene rings is 1. The number of unbranched alkanes of at least 4 members (excludes halogenated alkanes) is 1. The predicted octanol–water partition coefficient (Wildman–Crippen LogP) is 6.21. The van der Waals surface area contributed by atoms with E-state index in [1.165, 1.54) is 36.0 Å². The maximum absolute atomic E-state index is 2.44. The molecular formula is C23H24. The van der Waals surface area contributed by atoms with Crippen LogP contribution in [0.2, 0.25) is 0 Å². The van der Waals surface area contributed by atoms with Crippen molar-refractivity contribution in [2.75, 3.05) is 0 Å². The largest absolute Gasteiger partial charge is 0.0758 e. The zero-order valence-corrected chi connectivity index (χ0v) is 13.8. The monoisotopic (exact) mass is 300 g/mol. The van der Waals surface area contributed by atoms with Crippen LogP contribution in [-0.2, 0) is 0 Å². The van der Waals surface area contributed by atoms with Crippen LogP contribution in [0.25, 0.3) is 6.08 Å². The molecule has 0 heteroatoms. The Bertz CT molecular complexity index is 739. The molecule has 1 aromatic carbocycles. The van der Waals surface area contributed by atoms with E-state index in [-0.39, 0.29) is 0 Å². The highest BCUT2D eigenvalue weighted by atomic mass is 14.4. The highest BCUT2D eigenvalue weighted by molar-refractivity contribution is 5.63. The molecule has 0 bridgehead atoms. The second-order valence-corrected chi connectivity index (χ2v) is 6.82. The van der Waals surface area contributed by atoms with Crippen molar-refractivity contribution in [3.63, 3.8) is 0 Å². The van der Waals surface area contributed by atoms with Crippen LogP contribution >= 0.6 is 0 Å². The Balaban J connectivity index is 1.66. The van der Waals surface area contributed by atoms with Crippen molar-refractivity contribution in [1.29, 1.82) is 0 Å². The number of rotatable bonds is 5. The average Bonchev–Trinajstić information content (AvgIpc) is 3.21. The number of hydrogen-bond acceptors (Lipinski definition) is 0. The molecule has 0 aromatic heterocycles. The molecule has 1 aromatic rings. The van der Waals surface area contributed by atoms with Gasteiger partial charge < -0.3 is 0 Å². The van der Waals surface area contributed by atoms with Gasteiger partial charge in [0.25, 0.3) is 0 Å². The first kappa shape index (κ1) is 14.5. The lowest BCUT2D eigenvalue weighted by atomic mass is 9.74. The third kappa shape index (κ3) is 2.57. The molecule has 3 atom stereocenters. The number of fused-ring (bicyclic) bond motifs is 2. The van der Waals surface area contributed by atoms with Crippen molar-refractivity contribution < 1.29 is 0 Å². The summed E-state index contributed by atoms with van der Waals surface area (Å²) in [6, 6.07) is 8.90. The zero-order chi connectivity index (χ0) is 15.6. The van der Waals surface area contributed by atoms with Crippen LogP contribution in [-0.4, -0.2) is 0 Å². The van der Waals surface area contributed by atoms with Gasteiger partial charge >= 0.3 is 0 Å². The van der Waals surface area contributed by atoms with Gasteiger partial charge in [0.05, 0.1) is 0 Å². The van der Waals surface area contributed by atoms with E-state index in [1.807, 2.05) is 0 Å². The summed E-state index contributed by atoms with van der Waals surface area (Å²) >= 11 is 0. The van der Waals surface area contributed by atoms with Gasteiger partial charge in [-0.05, 0) is 29.0 Å². The van der Waals surface area contributed by atoms with Gasteiger partial charge in [0.2, 0.25) is 0 Å². The van der Waals surface area contributed by atoms with Crippen LogP contribution in [0.4, 0.5) is 0 Å². The van der Waals surface area contributed by atoms with Gasteiger partial charge in [0, 0.05) is 11.8 Å². The van der Waals surface area contributed by atoms with Gasteiger partial charge in [-0.3, -0.25) is 0 Å². The van der Waals surface area contributed by atoms with Crippen molar-refractivity contribution >= 4 is 6.08 Å². The highest BCUT2D eigenvalue weighted by Gasteiger charge is 2.33. The minimum atomic E-state index is 0.503. The highest BCUT2D eigenvalue weighted by Crippen LogP contribution is 2.46. The zero-order valence-electron chi connectivity index (χ0n) is 13.8. The van der Waals surface area contributed by atoms with Crippen LogP contribution in [0.3, 0.4) is 0 Å². The Labute approximate surface area is 139 Å². The average molecular weight is 300 g/mol. The van der Waals surface area contributed by atoms with Crippen LogP contribution < -0.4 is 0 Å². The first-order valence-corrected chi connectivity index (χ1v) is 8.92. The fourth-order valence-corrected chi connectivity index (χ4v) is 4.28. The van der Waals surface area contributed by atoms with Crippen LogP contribution in [0.1, 0.15) is 43.2 Å². The Morgan fingerprint density at radius 3 is 2.83 bits per heavy atom. The van der Waals surface area contributed by atoms with E-state index in [4.69, 9.17) is 0 Å². The molecule has 0 aliphatic heterocycles.